The summed E-state index contributed by atoms with van der Waals surface area (Å²) in [5.41, 5.74) is 1.32. The molecule has 21 heavy (non-hydrogen) atoms. The molecule has 2 amide bonds. The van der Waals surface area contributed by atoms with Crippen LogP contribution in [0, 0.1) is 0 Å². The lowest BCUT2D eigenvalue weighted by Crippen LogP contribution is -2.30. The average Bonchev–Trinajstić information content (AvgIpc) is 3.03. The number of aromatic nitrogens is 1. The first-order valence-corrected chi connectivity index (χ1v) is 6.88. The lowest BCUT2D eigenvalue weighted by molar-refractivity contribution is -0.125. The van der Waals surface area contributed by atoms with E-state index >= 15 is 0 Å². The molecule has 1 N–H and O–H groups in total. The number of benzene rings is 1. The third kappa shape index (κ3) is 2.33. The fourth-order valence-electron chi connectivity index (χ4n) is 2.50. The highest BCUT2D eigenvalue weighted by atomic mass is 16.5. The van der Waals surface area contributed by atoms with Gasteiger partial charge in [-0.25, -0.2) is 0 Å². The molecule has 1 aromatic heterocycles. The molecular weight excluding hydrogens is 270 g/mol. The van der Waals surface area contributed by atoms with Crippen molar-refractivity contribution in [2.45, 2.75) is 6.92 Å². The number of hydrogen-bond donors (Lipinski definition) is 1. The van der Waals surface area contributed by atoms with Gasteiger partial charge in [0, 0.05) is 18.0 Å². The summed E-state index contributed by atoms with van der Waals surface area (Å²) in [7, 11) is 1.69. The number of hydrogen-bond acceptors (Lipinski definition) is 3. The minimum Gasteiger partial charge on any atom is -0.493 e. The van der Waals surface area contributed by atoms with Gasteiger partial charge < -0.3 is 19.5 Å². The van der Waals surface area contributed by atoms with Gasteiger partial charge in [0.1, 0.15) is 18.0 Å². The zero-order valence-electron chi connectivity index (χ0n) is 12.0. The molecule has 110 valence electrons. The maximum Gasteiger partial charge on any atom is 0.272 e. The van der Waals surface area contributed by atoms with Crippen molar-refractivity contribution in [2.24, 2.45) is 0 Å². The molecular formula is C15H17N3O3. The summed E-state index contributed by atoms with van der Waals surface area (Å²) >= 11 is 0. The van der Waals surface area contributed by atoms with Crippen molar-refractivity contribution in [2.75, 3.05) is 26.9 Å². The SMILES string of the molecule is CCOc1cccc2[nH]c(C(=O)N3CC(=O)N(C)C3)cc12. The molecule has 0 spiro atoms. The summed E-state index contributed by atoms with van der Waals surface area (Å²) in [6.45, 7) is 2.94. The van der Waals surface area contributed by atoms with Gasteiger partial charge in [-0.05, 0) is 25.1 Å². The lowest BCUT2D eigenvalue weighted by Gasteiger charge is -2.13. The number of rotatable bonds is 3. The molecule has 0 bridgehead atoms. The minimum absolute atomic E-state index is 0.0468. The van der Waals surface area contributed by atoms with Crippen LogP contribution in [0.3, 0.4) is 0 Å². The van der Waals surface area contributed by atoms with E-state index < -0.39 is 0 Å². The van der Waals surface area contributed by atoms with Gasteiger partial charge >= 0.3 is 0 Å². The number of likely N-dealkylation sites (N-methyl/N-ethyl adjacent to an activating group) is 1. The quantitative estimate of drug-likeness (QED) is 0.929. The molecule has 1 aliphatic rings. The van der Waals surface area contributed by atoms with Crippen LogP contribution in [0.5, 0.6) is 5.75 Å². The Morgan fingerprint density at radius 1 is 1.43 bits per heavy atom. The Balaban J connectivity index is 1.92. The largest absolute Gasteiger partial charge is 0.493 e. The fraction of sp³-hybridized carbons (Fsp3) is 0.333. The zero-order chi connectivity index (χ0) is 15.0. The summed E-state index contributed by atoms with van der Waals surface area (Å²) < 4.78 is 5.56. The number of fused-ring (bicyclic) bond motifs is 1. The second-order valence-electron chi connectivity index (χ2n) is 5.07. The highest BCUT2D eigenvalue weighted by Crippen LogP contribution is 2.27. The van der Waals surface area contributed by atoms with Crippen LogP contribution in [0.4, 0.5) is 0 Å². The van der Waals surface area contributed by atoms with Gasteiger partial charge in [0.15, 0.2) is 0 Å². The maximum atomic E-state index is 12.5. The van der Waals surface area contributed by atoms with Crippen molar-refractivity contribution in [1.29, 1.82) is 0 Å². The van der Waals surface area contributed by atoms with Crippen LogP contribution in [0.2, 0.25) is 0 Å². The molecule has 0 aliphatic carbocycles. The first-order valence-electron chi connectivity index (χ1n) is 6.88. The molecule has 3 rings (SSSR count). The van der Waals surface area contributed by atoms with Gasteiger partial charge in [-0.15, -0.1) is 0 Å². The molecule has 0 atom stereocenters. The molecule has 1 aromatic carbocycles. The van der Waals surface area contributed by atoms with E-state index in [2.05, 4.69) is 4.98 Å². The standard InChI is InChI=1S/C15H17N3O3/c1-3-21-13-6-4-5-11-10(13)7-12(16-11)15(20)18-8-14(19)17(2)9-18/h4-7,16H,3,8-9H2,1-2H3. The zero-order valence-corrected chi connectivity index (χ0v) is 12.0. The Morgan fingerprint density at radius 3 is 2.90 bits per heavy atom. The van der Waals surface area contributed by atoms with Crippen LogP contribution in [0.25, 0.3) is 10.9 Å². The number of carbonyl (C=O) groups excluding carboxylic acids is 2. The summed E-state index contributed by atoms with van der Waals surface area (Å²) in [5.74, 6) is 0.528. The predicted molar refractivity (Wildman–Crippen MR) is 78.1 cm³/mol. The van der Waals surface area contributed by atoms with Crippen LogP contribution in [0.1, 0.15) is 17.4 Å². The highest BCUT2D eigenvalue weighted by molar-refractivity contribution is 6.01. The first kappa shape index (κ1) is 13.5. The first-order chi connectivity index (χ1) is 10.1. The van der Waals surface area contributed by atoms with Crippen LogP contribution >= 0.6 is 0 Å². The third-order valence-electron chi connectivity index (χ3n) is 3.58. The Labute approximate surface area is 122 Å². The number of amides is 2. The van der Waals surface area contributed by atoms with E-state index in [1.807, 2.05) is 25.1 Å². The Hall–Kier alpha value is -2.50. The topological polar surface area (TPSA) is 65.6 Å². The highest BCUT2D eigenvalue weighted by Gasteiger charge is 2.29. The van der Waals surface area contributed by atoms with Gasteiger partial charge in [-0.3, -0.25) is 9.59 Å². The van der Waals surface area contributed by atoms with Gasteiger partial charge in [0.05, 0.1) is 13.3 Å². The van der Waals surface area contributed by atoms with Crippen molar-refractivity contribution < 1.29 is 14.3 Å². The van der Waals surface area contributed by atoms with E-state index in [0.717, 1.165) is 16.7 Å². The van der Waals surface area contributed by atoms with Gasteiger partial charge in [-0.2, -0.15) is 0 Å². The van der Waals surface area contributed by atoms with E-state index in [1.54, 1.807) is 13.1 Å². The Bertz CT molecular complexity index is 707. The predicted octanol–water partition coefficient (Wildman–Crippen LogP) is 1.44. The van der Waals surface area contributed by atoms with Crippen LogP contribution in [-0.2, 0) is 4.79 Å². The van der Waals surface area contributed by atoms with Gasteiger partial charge in [0.25, 0.3) is 5.91 Å². The molecule has 2 heterocycles. The van der Waals surface area contributed by atoms with E-state index in [-0.39, 0.29) is 18.4 Å². The molecule has 1 fully saturated rings. The number of aromatic amines is 1. The van der Waals surface area contributed by atoms with E-state index in [1.165, 1.54) is 9.80 Å². The number of carbonyl (C=O) groups is 2. The van der Waals surface area contributed by atoms with Crippen molar-refractivity contribution in [1.82, 2.24) is 14.8 Å². The lowest BCUT2D eigenvalue weighted by atomic mass is 10.2. The summed E-state index contributed by atoms with van der Waals surface area (Å²) in [6.07, 6.45) is 0. The number of nitrogens with zero attached hydrogens (tertiary/aromatic N) is 2. The molecule has 0 radical (unpaired) electrons. The van der Waals surface area contributed by atoms with Crippen molar-refractivity contribution >= 4 is 22.7 Å². The summed E-state index contributed by atoms with van der Waals surface area (Å²) in [4.78, 5) is 30.1. The van der Waals surface area contributed by atoms with Gasteiger partial charge in [-0.1, -0.05) is 6.07 Å². The van der Waals surface area contributed by atoms with E-state index in [9.17, 15) is 9.59 Å². The van der Waals surface area contributed by atoms with Crippen LogP contribution in [0.15, 0.2) is 24.3 Å². The Morgan fingerprint density at radius 2 is 2.24 bits per heavy atom. The summed E-state index contributed by atoms with van der Waals surface area (Å²) in [6, 6.07) is 7.44. The summed E-state index contributed by atoms with van der Waals surface area (Å²) in [5, 5.41) is 0.876. The second kappa shape index (κ2) is 5.12. The normalized spacial score (nSPS) is 15.0. The maximum absolute atomic E-state index is 12.5. The van der Waals surface area contributed by atoms with E-state index in [4.69, 9.17) is 4.74 Å². The monoisotopic (exact) mass is 287 g/mol. The van der Waals surface area contributed by atoms with Crippen molar-refractivity contribution in [3.63, 3.8) is 0 Å². The van der Waals surface area contributed by atoms with E-state index in [0.29, 0.717) is 19.0 Å². The van der Waals surface area contributed by atoms with Gasteiger partial charge in [0.2, 0.25) is 5.91 Å². The van der Waals surface area contributed by atoms with Crippen molar-refractivity contribution in [3.8, 4) is 5.75 Å². The molecule has 0 unspecified atom stereocenters. The molecule has 6 heteroatoms. The molecule has 1 aliphatic heterocycles. The molecule has 2 aromatic rings. The fourth-order valence-corrected chi connectivity index (χ4v) is 2.50. The Kier molecular flexibility index (Phi) is 3.29. The smallest absolute Gasteiger partial charge is 0.272 e. The number of H-pyrrole nitrogens is 1. The van der Waals surface area contributed by atoms with Crippen LogP contribution in [-0.4, -0.2) is 53.5 Å². The number of ether oxygens (including phenoxy) is 1. The average molecular weight is 287 g/mol. The number of nitrogens with one attached hydrogen (secondary N) is 1. The third-order valence-corrected chi connectivity index (χ3v) is 3.58. The second-order valence-corrected chi connectivity index (χ2v) is 5.07. The minimum atomic E-state index is -0.175. The molecule has 6 nitrogen and oxygen atoms in total. The van der Waals surface area contributed by atoms with Crippen molar-refractivity contribution in [3.05, 3.63) is 30.0 Å². The molecule has 0 saturated carbocycles. The van der Waals surface area contributed by atoms with Crippen LogP contribution < -0.4 is 4.74 Å². The molecule has 1 saturated heterocycles.